The van der Waals surface area contributed by atoms with Crippen molar-refractivity contribution in [3.05, 3.63) is 30.0 Å². The molecule has 0 bridgehead atoms. The maximum absolute atomic E-state index is 12.0. The molecule has 1 unspecified atom stereocenters. The number of hydrogen-bond donors (Lipinski definition) is 1. The fourth-order valence-electron chi connectivity index (χ4n) is 2.19. The van der Waals surface area contributed by atoms with Crippen LogP contribution >= 0.6 is 0 Å². The summed E-state index contributed by atoms with van der Waals surface area (Å²) >= 11 is 0. The molecule has 0 aromatic heterocycles. The van der Waals surface area contributed by atoms with Gasteiger partial charge in [-0.2, -0.15) is 10.1 Å². The second-order valence-electron chi connectivity index (χ2n) is 5.15. The monoisotopic (exact) mass is 331 g/mol. The van der Waals surface area contributed by atoms with E-state index >= 15 is 0 Å². The van der Waals surface area contributed by atoms with Gasteiger partial charge in [-0.1, -0.05) is 12.2 Å². The van der Waals surface area contributed by atoms with Gasteiger partial charge < -0.3 is 9.94 Å². The lowest BCUT2D eigenvalue weighted by Crippen LogP contribution is -2.35. The van der Waals surface area contributed by atoms with Crippen molar-refractivity contribution in [2.24, 2.45) is 15.1 Å². The minimum Gasteiger partial charge on any atom is -0.375 e. The van der Waals surface area contributed by atoms with Crippen LogP contribution in [0, 0.1) is 0 Å². The highest BCUT2D eigenvalue weighted by atomic mass is 16.7. The quantitative estimate of drug-likeness (QED) is 0.576. The zero-order chi connectivity index (χ0) is 17.4. The molecule has 8 nitrogen and oxygen atoms in total. The third kappa shape index (κ3) is 4.99. The summed E-state index contributed by atoms with van der Waals surface area (Å²) in [6, 6.07) is 0. The molecule has 2 rings (SSSR count). The van der Waals surface area contributed by atoms with Gasteiger partial charge in [-0.05, 0) is 25.8 Å². The Kier molecular flexibility index (Phi) is 6.62. The molecule has 0 spiro atoms. The Bertz CT molecular complexity index is 644. The van der Waals surface area contributed by atoms with Crippen molar-refractivity contribution in [3.63, 3.8) is 0 Å². The normalized spacial score (nSPS) is 22.0. The number of aliphatic imine (C=N–C) groups is 2. The number of hydroxylamine groups is 2. The zero-order valence-electron chi connectivity index (χ0n) is 13.8. The maximum atomic E-state index is 12.0. The van der Waals surface area contributed by atoms with E-state index in [9.17, 15) is 9.90 Å². The molecule has 1 fully saturated rings. The SMILES string of the molecule is C/C=C\C(=C/C=NC)C1=NN(CC(=O)ON2CCCC2O)C=C=N1. The van der Waals surface area contributed by atoms with Crippen LogP contribution in [0.25, 0.3) is 0 Å². The van der Waals surface area contributed by atoms with Gasteiger partial charge in [0.25, 0.3) is 0 Å². The Balaban J connectivity index is 2.02. The summed E-state index contributed by atoms with van der Waals surface area (Å²) < 4.78 is 0. The molecule has 0 saturated carbocycles. The van der Waals surface area contributed by atoms with Crippen LogP contribution in [0.15, 0.2) is 45.1 Å². The van der Waals surface area contributed by atoms with Crippen molar-refractivity contribution < 1.29 is 14.7 Å². The molecular formula is C16H21N5O3. The van der Waals surface area contributed by atoms with Crippen molar-refractivity contribution in [2.45, 2.75) is 26.0 Å². The van der Waals surface area contributed by atoms with E-state index in [0.29, 0.717) is 18.8 Å². The minimum atomic E-state index is -0.732. The molecule has 1 atom stereocenters. The highest BCUT2D eigenvalue weighted by Crippen LogP contribution is 2.15. The number of hydrazone groups is 1. The maximum Gasteiger partial charge on any atom is 0.346 e. The fourth-order valence-corrected chi connectivity index (χ4v) is 2.19. The Morgan fingerprint density at radius 3 is 3.12 bits per heavy atom. The summed E-state index contributed by atoms with van der Waals surface area (Å²) in [5.74, 6) is 2.63. The van der Waals surface area contributed by atoms with Crippen LogP contribution in [0.5, 0.6) is 0 Å². The van der Waals surface area contributed by atoms with E-state index in [4.69, 9.17) is 4.84 Å². The van der Waals surface area contributed by atoms with Crippen LogP contribution < -0.4 is 0 Å². The molecule has 24 heavy (non-hydrogen) atoms. The summed E-state index contributed by atoms with van der Waals surface area (Å²) in [5, 5.41) is 16.6. The lowest BCUT2D eigenvalue weighted by molar-refractivity contribution is -0.220. The number of aliphatic hydroxyl groups is 1. The average Bonchev–Trinajstić information content (AvgIpc) is 2.96. The molecule has 0 aromatic rings. The van der Waals surface area contributed by atoms with E-state index in [-0.39, 0.29) is 6.54 Å². The fraction of sp³-hybridized carbons (Fsp3) is 0.438. The van der Waals surface area contributed by atoms with Gasteiger partial charge in [0, 0.05) is 31.2 Å². The second-order valence-corrected chi connectivity index (χ2v) is 5.15. The van der Waals surface area contributed by atoms with E-state index in [2.05, 4.69) is 21.0 Å². The molecular weight excluding hydrogens is 310 g/mol. The van der Waals surface area contributed by atoms with Crippen molar-refractivity contribution in [2.75, 3.05) is 20.1 Å². The molecule has 2 aliphatic heterocycles. The number of hydrogen-bond acceptors (Lipinski definition) is 8. The number of carbonyl (C=O) groups is 1. The molecule has 1 N–H and O–H groups in total. The number of allylic oxidation sites excluding steroid dienone is 2. The number of nitrogens with zero attached hydrogens (tertiary/aromatic N) is 5. The first kappa shape index (κ1) is 17.8. The third-order valence-electron chi connectivity index (χ3n) is 3.29. The van der Waals surface area contributed by atoms with Gasteiger partial charge in [0.15, 0.2) is 5.84 Å². The summed E-state index contributed by atoms with van der Waals surface area (Å²) in [6.45, 7) is 2.32. The molecule has 0 aliphatic carbocycles. The van der Waals surface area contributed by atoms with Gasteiger partial charge in [0.2, 0.25) is 0 Å². The van der Waals surface area contributed by atoms with Gasteiger partial charge >= 0.3 is 5.97 Å². The summed E-state index contributed by atoms with van der Waals surface area (Å²) in [5.41, 5.74) is 0.747. The molecule has 8 heteroatoms. The molecule has 1 saturated heterocycles. The highest BCUT2D eigenvalue weighted by molar-refractivity contribution is 6.07. The molecule has 2 aliphatic rings. The minimum absolute atomic E-state index is 0.0970. The van der Waals surface area contributed by atoms with Crippen LogP contribution in [0.4, 0.5) is 0 Å². The Morgan fingerprint density at radius 2 is 2.46 bits per heavy atom. The van der Waals surface area contributed by atoms with Crippen LogP contribution in [-0.4, -0.2) is 65.4 Å². The lowest BCUT2D eigenvalue weighted by atomic mass is 10.2. The lowest BCUT2D eigenvalue weighted by Gasteiger charge is -2.21. The predicted molar refractivity (Wildman–Crippen MR) is 91.5 cm³/mol. The molecule has 2 heterocycles. The van der Waals surface area contributed by atoms with Crippen LogP contribution in [-0.2, 0) is 9.63 Å². The first-order chi connectivity index (χ1) is 11.6. The largest absolute Gasteiger partial charge is 0.375 e. The van der Waals surface area contributed by atoms with E-state index in [0.717, 1.165) is 12.0 Å². The molecule has 0 amide bonds. The van der Waals surface area contributed by atoms with Gasteiger partial charge in [-0.15, -0.1) is 5.06 Å². The average molecular weight is 331 g/mol. The van der Waals surface area contributed by atoms with Crippen LogP contribution in [0.2, 0.25) is 0 Å². The molecule has 0 radical (unpaired) electrons. The Morgan fingerprint density at radius 1 is 1.62 bits per heavy atom. The van der Waals surface area contributed by atoms with Gasteiger partial charge in [0.1, 0.15) is 12.8 Å². The van der Waals surface area contributed by atoms with Crippen molar-refractivity contribution in [3.8, 4) is 0 Å². The van der Waals surface area contributed by atoms with Crippen LogP contribution in [0.3, 0.4) is 0 Å². The van der Waals surface area contributed by atoms with E-state index in [1.165, 1.54) is 16.3 Å². The first-order valence-corrected chi connectivity index (χ1v) is 7.70. The summed E-state index contributed by atoms with van der Waals surface area (Å²) in [7, 11) is 1.67. The van der Waals surface area contributed by atoms with Crippen LogP contribution in [0.1, 0.15) is 19.8 Å². The zero-order valence-corrected chi connectivity index (χ0v) is 13.8. The first-order valence-electron chi connectivity index (χ1n) is 7.70. The topological polar surface area (TPSA) is 90.1 Å². The van der Waals surface area contributed by atoms with E-state index < -0.39 is 12.2 Å². The Labute approximate surface area is 140 Å². The van der Waals surface area contributed by atoms with E-state index in [1.807, 2.05) is 19.1 Å². The smallest absolute Gasteiger partial charge is 0.346 e. The highest BCUT2D eigenvalue weighted by Gasteiger charge is 2.26. The number of rotatable bonds is 6. The summed E-state index contributed by atoms with van der Waals surface area (Å²) in [4.78, 5) is 25.1. The third-order valence-corrected chi connectivity index (χ3v) is 3.29. The molecule has 0 aromatic carbocycles. The van der Waals surface area contributed by atoms with Crippen molar-refractivity contribution >= 4 is 23.9 Å². The number of aliphatic hydroxyl groups excluding tert-OH is 1. The van der Waals surface area contributed by atoms with Gasteiger partial charge in [-0.3, -0.25) is 4.99 Å². The van der Waals surface area contributed by atoms with E-state index in [1.54, 1.807) is 19.3 Å². The Hall–Kier alpha value is -2.54. The van der Waals surface area contributed by atoms with Gasteiger partial charge in [0.05, 0.1) is 6.20 Å². The second kappa shape index (κ2) is 8.93. The number of amidine groups is 1. The van der Waals surface area contributed by atoms with Crippen molar-refractivity contribution in [1.29, 1.82) is 0 Å². The standard InChI is InChI=1S/C16H21N5O3/c1-3-5-13(7-8-17-2)16-18-9-11-20(19-16)12-15(23)24-21-10-4-6-14(21)22/h3,5,7-8,11,14,22H,4,6,10,12H2,1-2H3/b5-3-,13-7+,17-8?. The summed E-state index contributed by atoms with van der Waals surface area (Å²) in [6.07, 6.45) is 9.24. The molecule has 128 valence electrons. The van der Waals surface area contributed by atoms with Crippen molar-refractivity contribution in [1.82, 2.24) is 10.1 Å². The predicted octanol–water partition coefficient (Wildman–Crippen LogP) is 0.874. The van der Waals surface area contributed by atoms with Gasteiger partial charge in [-0.25, -0.2) is 9.80 Å². The number of carbonyl (C=O) groups excluding carboxylic acids is 1.